The highest BCUT2D eigenvalue weighted by Gasteiger charge is 2.48. The Bertz CT molecular complexity index is 5580. The molecule has 0 saturated carbocycles. The van der Waals surface area contributed by atoms with Crippen LogP contribution in [0.25, 0.3) is 147 Å². The molecule has 0 fully saturated rings. The number of halogens is 3. The van der Waals surface area contributed by atoms with Crippen molar-refractivity contribution in [2.45, 2.75) is 12.4 Å². The molecule has 0 aliphatic carbocycles. The molecular weight excluding hydrogens is 1160 g/mol. The molecule has 3 aromatic heterocycles. The molecule has 0 unspecified atom stereocenters. The Morgan fingerprint density at radius 1 is 0.356 bits per heavy atom. The SMILES string of the molecule is Cc1ccc2c3ccccc3c3ccc(OS(=O)(=O)C(F)(F)F)cc3c2c1.OB(O)c1cccc2c1sc1ccccc12.c1ccc2c(c1)sc1c(-c3ccc4c5ccccc5c5ccc(-c6cccc7c6sc6ccccc67)cc5c4c3)cccc12. The largest absolute Gasteiger partial charge is 0.534 e. The van der Waals surface area contributed by atoms with Gasteiger partial charge in [0, 0.05) is 55.1 Å². The van der Waals surface area contributed by atoms with Crippen molar-refractivity contribution in [3.05, 3.63) is 254 Å². The normalized spacial score (nSPS) is 12.1. The van der Waals surface area contributed by atoms with Gasteiger partial charge in [0.15, 0.2) is 0 Å². The molecule has 0 spiro atoms. The fourth-order valence-corrected chi connectivity index (χ4v) is 16.7. The van der Waals surface area contributed by atoms with E-state index in [1.165, 1.54) is 117 Å². The van der Waals surface area contributed by atoms with Crippen LogP contribution in [0.4, 0.5) is 13.2 Å². The fourth-order valence-electron chi connectivity index (χ4n) is 12.5. The van der Waals surface area contributed by atoms with Crippen LogP contribution in [0.15, 0.2) is 249 Å². The Morgan fingerprint density at radius 3 is 1.15 bits per heavy atom. The average Bonchev–Trinajstić information content (AvgIpc) is 2.00. The van der Waals surface area contributed by atoms with Gasteiger partial charge in [-0.2, -0.15) is 21.6 Å². The maximum Gasteiger partial charge on any atom is 0.534 e. The van der Waals surface area contributed by atoms with E-state index < -0.39 is 22.7 Å². The van der Waals surface area contributed by atoms with Crippen LogP contribution in [0.5, 0.6) is 5.75 Å². The predicted octanol–water partition coefficient (Wildman–Crippen LogP) is 20.6. The van der Waals surface area contributed by atoms with Crippen molar-refractivity contribution in [1.82, 2.24) is 0 Å². The van der Waals surface area contributed by atoms with Crippen molar-refractivity contribution in [2.24, 2.45) is 0 Å². The first kappa shape index (κ1) is 54.5. The molecule has 0 bridgehead atoms. The minimum Gasteiger partial charge on any atom is -0.423 e. The van der Waals surface area contributed by atoms with E-state index in [4.69, 9.17) is 0 Å². The number of aryl methyl sites for hydroxylation is 1. The van der Waals surface area contributed by atoms with Gasteiger partial charge >= 0.3 is 22.7 Å². The molecule has 87 heavy (non-hydrogen) atoms. The predicted molar refractivity (Wildman–Crippen MR) is 364 cm³/mol. The zero-order valence-electron chi connectivity index (χ0n) is 46.1. The third-order valence-electron chi connectivity index (χ3n) is 16.4. The second-order valence-corrected chi connectivity index (χ2v) is 26.3. The van der Waals surface area contributed by atoms with Gasteiger partial charge in [0.2, 0.25) is 0 Å². The molecule has 14 aromatic carbocycles. The van der Waals surface area contributed by atoms with E-state index in [2.05, 4.69) is 156 Å². The van der Waals surface area contributed by atoms with E-state index in [0.29, 0.717) is 10.8 Å². The summed E-state index contributed by atoms with van der Waals surface area (Å²) in [5.41, 5.74) is 1.22. The summed E-state index contributed by atoms with van der Waals surface area (Å²) in [6.07, 6.45) is 0. The zero-order chi connectivity index (χ0) is 59.3. The van der Waals surface area contributed by atoms with Crippen LogP contribution in [-0.2, 0) is 10.1 Å². The van der Waals surface area contributed by atoms with Crippen LogP contribution in [0.3, 0.4) is 0 Å². The first-order valence-corrected chi connectivity index (χ1v) is 31.9. The molecule has 420 valence electrons. The van der Waals surface area contributed by atoms with Gasteiger partial charge in [0.25, 0.3) is 0 Å². The first-order valence-electron chi connectivity index (χ1n) is 28.1. The van der Waals surface area contributed by atoms with Crippen LogP contribution in [0.2, 0.25) is 0 Å². The Kier molecular flexibility index (Phi) is 13.4. The van der Waals surface area contributed by atoms with Gasteiger partial charge in [-0.1, -0.05) is 206 Å². The lowest BCUT2D eigenvalue weighted by atomic mass is 9.80. The molecule has 13 heteroatoms. The van der Waals surface area contributed by atoms with Crippen LogP contribution in [0.1, 0.15) is 5.56 Å². The molecule has 5 nitrogen and oxygen atoms in total. The molecule has 0 aliphatic rings. The maximum atomic E-state index is 12.6. The Morgan fingerprint density at radius 2 is 0.701 bits per heavy atom. The van der Waals surface area contributed by atoms with Gasteiger partial charge in [-0.3, -0.25) is 0 Å². The van der Waals surface area contributed by atoms with Gasteiger partial charge in [0.1, 0.15) is 5.75 Å². The molecule has 0 aliphatic heterocycles. The Labute approximate surface area is 508 Å². The van der Waals surface area contributed by atoms with E-state index >= 15 is 0 Å². The molecule has 17 rings (SSSR count). The van der Waals surface area contributed by atoms with E-state index in [9.17, 15) is 31.6 Å². The van der Waals surface area contributed by atoms with Gasteiger partial charge < -0.3 is 14.2 Å². The number of hydrogen-bond donors (Lipinski definition) is 2. The lowest BCUT2D eigenvalue weighted by Gasteiger charge is -2.14. The molecule has 2 N–H and O–H groups in total. The van der Waals surface area contributed by atoms with Crippen LogP contribution >= 0.6 is 34.0 Å². The van der Waals surface area contributed by atoms with E-state index in [0.717, 1.165) is 42.6 Å². The highest BCUT2D eigenvalue weighted by atomic mass is 32.2. The molecule has 3 heterocycles. The smallest absolute Gasteiger partial charge is 0.423 e. The topological polar surface area (TPSA) is 83.8 Å². The second kappa shape index (κ2) is 21.4. The summed E-state index contributed by atoms with van der Waals surface area (Å²) in [5, 5.41) is 39.2. The van der Waals surface area contributed by atoms with Gasteiger partial charge in [-0.05, 0) is 153 Å². The fraction of sp³-hybridized carbons (Fsp3) is 0.0270. The number of thiophene rings is 3. The number of hydrogen-bond acceptors (Lipinski definition) is 8. The standard InChI is InChI=1S/C42H24S2.C20H13F3O3S.C12H9BO2S/c1-2-10-30-29(9-1)31-21-19-25(27-13-7-15-35-33-11-3-5-17-39(33)43-41(27)35)23-37(31)38-24-26(20-22-32(30)38)28-14-8-16-36-34-12-4-6-18-40(34)44-42(28)36;1-12-6-8-16-14-4-2-3-5-15(14)17-9-7-13(11-19(17)18(16)10-12)26-27(24,25)20(21,22)23;14-13(15)10-6-3-5-9-8-4-1-2-7-11(8)16-12(9)10/h1-24H;2-11H,1H3;1-7,14-15H. The van der Waals surface area contributed by atoms with E-state index in [-0.39, 0.29) is 5.75 Å². The number of benzene rings is 14. The Balaban J connectivity index is 0.000000125. The maximum absolute atomic E-state index is 12.6. The number of alkyl halides is 3. The molecular formula is C74H46BF3O5S4. The lowest BCUT2D eigenvalue weighted by molar-refractivity contribution is -0.0500. The van der Waals surface area contributed by atoms with Crippen molar-refractivity contribution < 1.29 is 35.8 Å². The van der Waals surface area contributed by atoms with E-state index in [1.54, 1.807) is 23.5 Å². The third-order valence-corrected chi connectivity index (χ3v) is 21.1. The molecule has 17 aromatic rings. The Hall–Kier alpha value is -9.18. The summed E-state index contributed by atoms with van der Waals surface area (Å²) >= 11 is 5.39. The summed E-state index contributed by atoms with van der Waals surface area (Å²) in [5.74, 6) is -0.377. The molecule has 0 atom stereocenters. The highest BCUT2D eigenvalue weighted by molar-refractivity contribution is 7.88. The van der Waals surface area contributed by atoms with Crippen molar-refractivity contribution in [2.75, 3.05) is 0 Å². The van der Waals surface area contributed by atoms with Crippen molar-refractivity contribution in [3.63, 3.8) is 0 Å². The minimum absolute atomic E-state index is 0.377. The van der Waals surface area contributed by atoms with Crippen LogP contribution in [0, 0.1) is 6.92 Å². The summed E-state index contributed by atoms with van der Waals surface area (Å²) in [6, 6.07) is 85.5. The summed E-state index contributed by atoms with van der Waals surface area (Å²) in [7, 11) is -7.13. The van der Waals surface area contributed by atoms with Gasteiger partial charge in [0.05, 0.1) is 0 Å². The third kappa shape index (κ3) is 9.41. The van der Waals surface area contributed by atoms with Crippen LogP contribution < -0.4 is 9.65 Å². The van der Waals surface area contributed by atoms with Gasteiger partial charge in [-0.25, -0.2) is 0 Å². The quantitative estimate of drug-likeness (QED) is 0.0776. The summed E-state index contributed by atoms with van der Waals surface area (Å²) < 4.78 is 72.4. The summed E-state index contributed by atoms with van der Waals surface area (Å²) in [4.78, 5) is 0. The zero-order valence-corrected chi connectivity index (χ0v) is 49.4. The van der Waals surface area contributed by atoms with Gasteiger partial charge in [-0.15, -0.1) is 34.0 Å². The van der Waals surface area contributed by atoms with Crippen LogP contribution in [-0.4, -0.2) is 31.1 Å². The molecule has 0 amide bonds. The number of rotatable bonds is 5. The monoisotopic (exact) mass is 1210 g/mol. The average molecular weight is 1210 g/mol. The lowest BCUT2D eigenvalue weighted by Crippen LogP contribution is -2.29. The molecule has 0 saturated heterocycles. The highest BCUT2D eigenvalue weighted by Crippen LogP contribution is 2.46. The van der Waals surface area contributed by atoms with Crippen molar-refractivity contribution >= 4 is 182 Å². The molecule has 0 radical (unpaired) electrons. The van der Waals surface area contributed by atoms with Crippen molar-refractivity contribution in [1.29, 1.82) is 0 Å². The number of fused-ring (bicyclic) bond motifs is 21. The second-order valence-electron chi connectivity index (χ2n) is 21.6. The van der Waals surface area contributed by atoms with Crippen molar-refractivity contribution in [3.8, 4) is 28.0 Å². The minimum atomic E-state index is -5.72. The first-order chi connectivity index (χ1) is 42.3. The summed E-state index contributed by atoms with van der Waals surface area (Å²) in [6.45, 7) is 1.91. The van der Waals surface area contributed by atoms with E-state index in [1.807, 2.05) is 102 Å².